The minimum Gasteiger partial charge on any atom is -0.335 e. The van der Waals surface area contributed by atoms with Gasteiger partial charge in [-0.25, -0.2) is 4.98 Å². The summed E-state index contributed by atoms with van der Waals surface area (Å²) in [6.07, 6.45) is 38.6. The Labute approximate surface area is 297 Å². The largest absolute Gasteiger partial charge is 0.335 e. The first-order chi connectivity index (χ1) is 23.7. The standard InChI is InChI=1S/C46H74N2/c1-4-6-8-10-12-14-16-17-19-21-23-31-37-44(46(3,43-35-29-26-30-36-43)41-42-33-27-25-28-34-42)45-47-38-40-48(45)39-32-24-22-20-18-15-13-11-9-7-5-2/h25-30,33-36,38,40,44H,4-24,31-32,37,39,41H2,1-3H3. The van der Waals surface area contributed by atoms with Crippen molar-refractivity contribution in [2.24, 2.45) is 0 Å². The molecule has 0 N–H and O–H groups in total. The van der Waals surface area contributed by atoms with Gasteiger partial charge in [0.05, 0.1) is 0 Å². The Bertz CT molecular complexity index is 1140. The Morgan fingerprint density at radius 3 is 1.48 bits per heavy atom. The highest BCUT2D eigenvalue weighted by atomic mass is 15.1. The molecule has 0 radical (unpaired) electrons. The van der Waals surface area contributed by atoms with Gasteiger partial charge in [0.1, 0.15) is 5.82 Å². The molecule has 0 aliphatic carbocycles. The fourth-order valence-electron chi connectivity index (χ4n) is 7.95. The van der Waals surface area contributed by atoms with Gasteiger partial charge in [-0.15, -0.1) is 0 Å². The molecule has 3 aromatic rings. The summed E-state index contributed by atoms with van der Waals surface area (Å²) in [6, 6.07) is 22.6. The second kappa shape index (κ2) is 25.6. The van der Waals surface area contributed by atoms with Gasteiger partial charge in [0.25, 0.3) is 0 Å². The smallest absolute Gasteiger partial charge is 0.112 e. The van der Waals surface area contributed by atoms with Crippen LogP contribution in [0.5, 0.6) is 0 Å². The summed E-state index contributed by atoms with van der Waals surface area (Å²) in [5, 5.41) is 0. The molecule has 0 aliphatic rings. The van der Waals surface area contributed by atoms with Gasteiger partial charge in [0, 0.05) is 30.3 Å². The third-order valence-corrected chi connectivity index (χ3v) is 11.0. The van der Waals surface area contributed by atoms with E-state index in [4.69, 9.17) is 4.98 Å². The van der Waals surface area contributed by atoms with Crippen LogP contribution in [0.3, 0.4) is 0 Å². The molecule has 48 heavy (non-hydrogen) atoms. The molecule has 0 saturated heterocycles. The molecule has 0 saturated carbocycles. The fraction of sp³-hybridized carbons (Fsp3) is 0.674. The van der Waals surface area contributed by atoms with Crippen LogP contribution in [0, 0.1) is 0 Å². The molecule has 0 spiro atoms. The molecule has 1 heterocycles. The van der Waals surface area contributed by atoms with Crippen LogP contribution in [-0.2, 0) is 18.4 Å². The van der Waals surface area contributed by atoms with Gasteiger partial charge < -0.3 is 4.57 Å². The summed E-state index contributed by atoms with van der Waals surface area (Å²) in [7, 11) is 0. The maximum atomic E-state index is 5.16. The zero-order valence-corrected chi connectivity index (χ0v) is 31.8. The molecular formula is C46H74N2. The average Bonchev–Trinajstić information content (AvgIpc) is 3.58. The van der Waals surface area contributed by atoms with Crippen LogP contribution >= 0.6 is 0 Å². The maximum absolute atomic E-state index is 5.16. The number of benzene rings is 2. The number of imidazole rings is 1. The minimum absolute atomic E-state index is 0.0272. The van der Waals surface area contributed by atoms with E-state index in [1.54, 1.807) is 0 Å². The molecule has 0 fully saturated rings. The molecule has 0 aliphatic heterocycles. The number of nitrogens with zero attached hydrogens (tertiary/aromatic N) is 2. The number of hydrogen-bond donors (Lipinski definition) is 0. The van der Waals surface area contributed by atoms with E-state index in [0.29, 0.717) is 5.92 Å². The van der Waals surface area contributed by atoms with Crippen LogP contribution in [0.25, 0.3) is 0 Å². The number of aromatic nitrogens is 2. The number of hydrogen-bond acceptors (Lipinski definition) is 1. The van der Waals surface area contributed by atoms with E-state index < -0.39 is 0 Å². The average molecular weight is 655 g/mol. The van der Waals surface area contributed by atoms with E-state index in [-0.39, 0.29) is 5.41 Å². The van der Waals surface area contributed by atoms with Crippen molar-refractivity contribution in [2.45, 2.75) is 199 Å². The van der Waals surface area contributed by atoms with E-state index in [0.717, 1.165) is 13.0 Å². The van der Waals surface area contributed by atoms with Crippen molar-refractivity contribution >= 4 is 0 Å². The highest BCUT2D eigenvalue weighted by Gasteiger charge is 2.39. The normalized spacial score (nSPS) is 13.5. The van der Waals surface area contributed by atoms with Gasteiger partial charge in [-0.1, -0.05) is 223 Å². The lowest BCUT2D eigenvalue weighted by Gasteiger charge is -2.39. The van der Waals surface area contributed by atoms with Crippen LogP contribution in [-0.4, -0.2) is 9.55 Å². The summed E-state index contributed by atoms with van der Waals surface area (Å²) in [5.74, 6) is 1.69. The number of unbranched alkanes of at least 4 members (excludes halogenated alkanes) is 21. The summed E-state index contributed by atoms with van der Waals surface area (Å²) in [4.78, 5) is 5.16. The Kier molecular flexibility index (Phi) is 21.4. The van der Waals surface area contributed by atoms with Gasteiger partial charge >= 0.3 is 0 Å². The topological polar surface area (TPSA) is 17.8 Å². The van der Waals surface area contributed by atoms with E-state index >= 15 is 0 Å². The Hall–Kier alpha value is -2.35. The first-order valence-electron chi connectivity index (χ1n) is 20.8. The van der Waals surface area contributed by atoms with Gasteiger partial charge in [-0.2, -0.15) is 0 Å². The van der Waals surface area contributed by atoms with Crippen molar-refractivity contribution < 1.29 is 0 Å². The molecule has 0 amide bonds. The molecule has 2 aromatic carbocycles. The van der Waals surface area contributed by atoms with Gasteiger partial charge in [-0.05, 0) is 30.4 Å². The maximum Gasteiger partial charge on any atom is 0.112 e. The first kappa shape index (κ1) is 40.1. The monoisotopic (exact) mass is 655 g/mol. The van der Waals surface area contributed by atoms with Gasteiger partial charge in [0.2, 0.25) is 0 Å². The van der Waals surface area contributed by atoms with Crippen LogP contribution in [0.15, 0.2) is 73.1 Å². The predicted molar refractivity (Wildman–Crippen MR) is 211 cm³/mol. The highest BCUT2D eigenvalue weighted by Crippen LogP contribution is 2.44. The molecule has 3 rings (SSSR count). The van der Waals surface area contributed by atoms with Gasteiger partial charge in [-0.3, -0.25) is 0 Å². The molecule has 2 atom stereocenters. The fourth-order valence-corrected chi connectivity index (χ4v) is 7.95. The van der Waals surface area contributed by atoms with Crippen LogP contribution in [0.1, 0.15) is 198 Å². The summed E-state index contributed by atoms with van der Waals surface area (Å²) >= 11 is 0. The Morgan fingerprint density at radius 2 is 0.979 bits per heavy atom. The second-order valence-corrected chi connectivity index (χ2v) is 15.2. The lowest BCUT2D eigenvalue weighted by atomic mass is 9.66. The quantitative estimate of drug-likeness (QED) is 0.0654. The molecule has 1 aromatic heterocycles. The predicted octanol–water partition coefficient (Wildman–Crippen LogP) is 14.6. The van der Waals surface area contributed by atoms with E-state index in [2.05, 4.69) is 98.4 Å². The Morgan fingerprint density at radius 1 is 0.542 bits per heavy atom. The SMILES string of the molecule is CCCCCCCCCCCCCCC(c1nccn1CCCCCCCCCCCCC)C(C)(Cc1ccccc1)c1ccccc1. The first-order valence-corrected chi connectivity index (χ1v) is 20.8. The summed E-state index contributed by atoms with van der Waals surface area (Å²) < 4.78 is 2.53. The zero-order valence-electron chi connectivity index (χ0n) is 31.8. The molecule has 268 valence electrons. The van der Waals surface area contributed by atoms with Crippen LogP contribution < -0.4 is 0 Å². The van der Waals surface area contributed by atoms with E-state index in [1.165, 1.54) is 171 Å². The van der Waals surface area contributed by atoms with Crippen molar-refractivity contribution in [1.29, 1.82) is 0 Å². The van der Waals surface area contributed by atoms with Crippen molar-refractivity contribution in [2.75, 3.05) is 0 Å². The highest BCUT2D eigenvalue weighted by molar-refractivity contribution is 5.33. The van der Waals surface area contributed by atoms with Crippen LogP contribution in [0.4, 0.5) is 0 Å². The molecule has 0 bridgehead atoms. The van der Waals surface area contributed by atoms with Crippen molar-refractivity contribution in [3.05, 3.63) is 90.0 Å². The van der Waals surface area contributed by atoms with E-state index in [1.807, 2.05) is 0 Å². The lowest BCUT2D eigenvalue weighted by Crippen LogP contribution is -2.35. The number of rotatable bonds is 30. The zero-order chi connectivity index (χ0) is 34.0. The van der Waals surface area contributed by atoms with Crippen molar-refractivity contribution in [1.82, 2.24) is 9.55 Å². The Balaban J connectivity index is 1.60. The summed E-state index contributed by atoms with van der Waals surface area (Å²) in [6.45, 7) is 8.24. The number of aryl methyl sites for hydroxylation is 1. The lowest BCUT2D eigenvalue weighted by molar-refractivity contribution is 0.321. The molecule has 2 heteroatoms. The molecule has 2 nitrogen and oxygen atoms in total. The molecular weight excluding hydrogens is 581 g/mol. The van der Waals surface area contributed by atoms with Crippen molar-refractivity contribution in [3.8, 4) is 0 Å². The summed E-state index contributed by atoms with van der Waals surface area (Å²) in [5.41, 5.74) is 2.84. The third-order valence-electron chi connectivity index (χ3n) is 11.0. The van der Waals surface area contributed by atoms with Crippen molar-refractivity contribution in [3.63, 3.8) is 0 Å². The van der Waals surface area contributed by atoms with Crippen LogP contribution in [0.2, 0.25) is 0 Å². The second-order valence-electron chi connectivity index (χ2n) is 15.2. The third kappa shape index (κ3) is 15.5. The minimum atomic E-state index is -0.0272. The molecule has 2 unspecified atom stereocenters. The van der Waals surface area contributed by atoms with Gasteiger partial charge in [0.15, 0.2) is 0 Å². The van der Waals surface area contributed by atoms with E-state index in [9.17, 15) is 0 Å².